The van der Waals surface area contributed by atoms with Gasteiger partial charge in [-0.1, -0.05) is 38.1 Å². The van der Waals surface area contributed by atoms with Gasteiger partial charge in [0.1, 0.15) is 0 Å². The molecule has 0 radical (unpaired) electrons. The van der Waals surface area contributed by atoms with Crippen molar-refractivity contribution in [2.75, 3.05) is 7.11 Å². The first-order valence-electron chi connectivity index (χ1n) is 6.93. The number of hydrogen-bond donors (Lipinski definition) is 1. The van der Waals surface area contributed by atoms with E-state index in [1.807, 2.05) is 0 Å². The van der Waals surface area contributed by atoms with Gasteiger partial charge in [0.15, 0.2) is 0 Å². The van der Waals surface area contributed by atoms with Gasteiger partial charge in [0.05, 0.1) is 6.61 Å². The van der Waals surface area contributed by atoms with E-state index in [1.165, 1.54) is 11.1 Å². The van der Waals surface area contributed by atoms with Gasteiger partial charge in [0, 0.05) is 19.1 Å². The summed E-state index contributed by atoms with van der Waals surface area (Å²) in [5.41, 5.74) is 2.39. The van der Waals surface area contributed by atoms with E-state index < -0.39 is 0 Å². The van der Waals surface area contributed by atoms with E-state index >= 15 is 0 Å². The molecule has 1 aliphatic heterocycles. The van der Waals surface area contributed by atoms with Crippen LogP contribution in [0.25, 0.3) is 0 Å². The maximum absolute atomic E-state index is 11.6. The first kappa shape index (κ1) is 14.1. The Balaban J connectivity index is 2.11. The molecule has 1 fully saturated rings. The molecule has 0 spiro atoms. The number of rotatable bonds is 5. The zero-order chi connectivity index (χ0) is 13.9. The molecule has 1 aromatic carbocycles. The zero-order valence-corrected chi connectivity index (χ0v) is 12.0. The molecule has 104 valence electrons. The van der Waals surface area contributed by atoms with Crippen LogP contribution in [0.3, 0.4) is 0 Å². The summed E-state index contributed by atoms with van der Waals surface area (Å²) in [5, 5.41) is 3.19. The average Bonchev–Trinajstić information content (AvgIpc) is 2.75. The summed E-state index contributed by atoms with van der Waals surface area (Å²) in [4.78, 5) is 11.6. The smallest absolute Gasteiger partial charge is 0.220 e. The van der Waals surface area contributed by atoms with E-state index in [1.54, 1.807) is 7.11 Å². The number of ether oxygens (including phenoxy) is 1. The molecule has 0 saturated carbocycles. The highest BCUT2D eigenvalue weighted by atomic mass is 16.5. The molecule has 1 aromatic rings. The topological polar surface area (TPSA) is 38.3 Å². The molecule has 1 N–H and O–H groups in total. The Morgan fingerprint density at radius 3 is 2.37 bits per heavy atom. The Labute approximate surface area is 115 Å². The molecule has 3 nitrogen and oxygen atoms in total. The van der Waals surface area contributed by atoms with Crippen molar-refractivity contribution in [2.24, 2.45) is 5.92 Å². The number of carbonyl (C=O) groups is 1. The summed E-state index contributed by atoms with van der Waals surface area (Å²) in [5.74, 6) is 0.627. The van der Waals surface area contributed by atoms with Gasteiger partial charge in [0.25, 0.3) is 0 Å². The van der Waals surface area contributed by atoms with Crippen LogP contribution >= 0.6 is 0 Å². The fourth-order valence-electron chi connectivity index (χ4n) is 2.79. The van der Waals surface area contributed by atoms with Crippen molar-refractivity contribution < 1.29 is 9.53 Å². The van der Waals surface area contributed by atoms with E-state index in [4.69, 9.17) is 4.74 Å². The summed E-state index contributed by atoms with van der Waals surface area (Å²) in [6.45, 7) is 5.02. The third-order valence-corrected chi connectivity index (χ3v) is 4.15. The van der Waals surface area contributed by atoms with Crippen LogP contribution in [-0.2, 0) is 22.6 Å². The van der Waals surface area contributed by atoms with Gasteiger partial charge in [-0.25, -0.2) is 0 Å². The molecule has 0 bridgehead atoms. The molecule has 1 atom stereocenters. The first-order chi connectivity index (χ1) is 9.05. The minimum atomic E-state index is -0.0696. The Morgan fingerprint density at radius 2 is 1.89 bits per heavy atom. The molecule has 1 aliphatic rings. The molecule has 3 heteroatoms. The molecule has 2 rings (SSSR count). The van der Waals surface area contributed by atoms with E-state index in [-0.39, 0.29) is 11.4 Å². The van der Waals surface area contributed by atoms with Crippen LogP contribution in [0.1, 0.15) is 37.8 Å². The number of benzene rings is 1. The van der Waals surface area contributed by atoms with Crippen molar-refractivity contribution >= 4 is 5.91 Å². The van der Waals surface area contributed by atoms with E-state index in [0.717, 1.165) is 12.8 Å². The van der Waals surface area contributed by atoms with E-state index in [2.05, 4.69) is 43.4 Å². The Morgan fingerprint density at radius 1 is 1.26 bits per heavy atom. The molecule has 1 saturated heterocycles. The average molecular weight is 261 g/mol. The van der Waals surface area contributed by atoms with Gasteiger partial charge in [0.2, 0.25) is 5.91 Å². The molecular weight excluding hydrogens is 238 g/mol. The minimum absolute atomic E-state index is 0.0696. The van der Waals surface area contributed by atoms with Crippen LogP contribution in [0.2, 0.25) is 0 Å². The lowest BCUT2D eigenvalue weighted by Crippen LogP contribution is -2.48. The lowest BCUT2D eigenvalue weighted by Gasteiger charge is -2.33. The summed E-state index contributed by atoms with van der Waals surface area (Å²) in [7, 11) is 1.70. The molecule has 1 heterocycles. The lowest BCUT2D eigenvalue weighted by atomic mass is 9.80. The number of methoxy groups -OCH3 is 1. The standard InChI is InChI=1S/C16H23NO2/c1-12(2)16(9-8-15(18)17-16)10-13-4-6-14(7-5-13)11-19-3/h4-7,12H,8-11H2,1-3H3,(H,17,18). The maximum atomic E-state index is 11.6. The molecule has 0 aliphatic carbocycles. The normalized spacial score (nSPS) is 22.8. The fourth-order valence-corrected chi connectivity index (χ4v) is 2.79. The van der Waals surface area contributed by atoms with Crippen molar-refractivity contribution in [3.63, 3.8) is 0 Å². The summed E-state index contributed by atoms with van der Waals surface area (Å²) in [6, 6.07) is 8.49. The van der Waals surface area contributed by atoms with Crippen LogP contribution in [0.15, 0.2) is 24.3 Å². The second-order valence-electron chi connectivity index (χ2n) is 5.79. The zero-order valence-electron chi connectivity index (χ0n) is 12.0. The van der Waals surface area contributed by atoms with E-state index in [0.29, 0.717) is 18.9 Å². The summed E-state index contributed by atoms with van der Waals surface area (Å²) in [6.07, 6.45) is 2.49. The third-order valence-electron chi connectivity index (χ3n) is 4.15. The third kappa shape index (κ3) is 3.16. The van der Waals surface area contributed by atoms with E-state index in [9.17, 15) is 4.79 Å². The van der Waals surface area contributed by atoms with Gasteiger partial charge in [-0.3, -0.25) is 4.79 Å². The van der Waals surface area contributed by atoms with Crippen molar-refractivity contribution in [3.05, 3.63) is 35.4 Å². The SMILES string of the molecule is COCc1ccc(CC2(C(C)C)CCC(=O)N2)cc1. The van der Waals surface area contributed by atoms with Crippen LogP contribution in [0.5, 0.6) is 0 Å². The van der Waals surface area contributed by atoms with Crippen LogP contribution in [-0.4, -0.2) is 18.6 Å². The first-order valence-corrected chi connectivity index (χ1v) is 6.93. The molecule has 19 heavy (non-hydrogen) atoms. The fraction of sp³-hybridized carbons (Fsp3) is 0.562. The molecular formula is C16H23NO2. The predicted molar refractivity (Wildman–Crippen MR) is 75.8 cm³/mol. The number of nitrogens with one attached hydrogen (secondary N) is 1. The molecule has 1 amide bonds. The van der Waals surface area contributed by atoms with Gasteiger partial charge < -0.3 is 10.1 Å². The monoisotopic (exact) mass is 261 g/mol. The summed E-state index contributed by atoms with van der Waals surface area (Å²) >= 11 is 0. The quantitative estimate of drug-likeness (QED) is 0.885. The van der Waals surface area contributed by atoms with Gasteiger partial charge >= 0.3 is 0 Å². The second kappa shape index (κ2) is 5.74. The Bertz CT molecular complexity index is 439. The van der Waals surface area contributed by atoms with Crippen molar-refractivity contribution in [2.45, 2.75) is 45.3 Å². The van der Waals surface area contributed by atoms with Gasteiger partial charge in [-0.05, 0) is 29.9 Å². The highest BCUT2D eigenvalue weighted by Gasteiger charge is 2.40. The van der Waals surface area contributed by atoms with Crippen LogP contribution < -0.4 is 5.32 Å². The van der Waals surface area contributed by atoms with Crippen molar-refractivity contribution in [3.8, 4) is 0 Å². The van der Waals surface area contributed by atoms with Crippen molar-refractivity contribution in [1.82, 2.24) is 5.32 Å². The Kier molecular flexibility index (Phi) is 4.25. The van der Waals surface area contributed by atoms with Crippen molar-refractivity contribution in [1.29, 1.82) is 0 Å². The highest BCUT2D eigenvalue weighted by molar-refractivity contribution is 5.79. The number of amides is 1. The summed E-state index contributed by atoms with van der Waals surface area (Å²) < 4.78 is 5.12. The molecule has 1 unspecified atom stereocenters. The number of carbonyl (C=O) groups excluding carboxylic acids is 1. The predicted octanol–water partition coefficient (Wildman–Crippen LogP) is 2.68. The largest absolute Gasteiger partial charge is 0.380 e. The second-order valence-corrected chi connectivity index (χ2v) is 5.79. The van der Waals surface area contributed by atoms with Crippen LogP contribution in [0.4, 0.5) is 0 Å². The number of hydrogen-bond acceptors (Lipinski definition) is 2. The lowest BCUT2D eigenvalue weighted by molar-refractivity contribution is -0.120. The van der Waals surface area contributed by atoms with Gasteiger partial charge in [-0.15, -0.1) is 0 Å². The minimum Gasteiger partial charge on any atom is -0.380 e. The Hall–Kier alpha value is -1.35. The maximum Gasteiger partial charge on any atom is 0.220 e. The van der Waals surface area contributed by atoms with Gasteiger partial charge in [-0.2, -0.15) is 0 Å². The highest BCUT2D eigenvalue weighted by Crippen LogP contribution is 2.31. The van der Waals surface area contributed by atoms with Crippen LogP contribution in [0, 0.1) is 5.92 Å². The molecule has 0 aromatic heterocycles.